The summed E-state index contributed by atoms with van der Waals surface area (Å²) in [4.78, 5) is 31.0. The molecule has 1 N–H and O–H groups in total. The summed E-state index contributed by atoms with van der Waals surface area (Å²) in [5, 5.41) is 9.79. The first-order chi connectivity index (χ1) is 13.1. The van der Waals surface area contributed by atoms with Gasteiger partial charge in [-0.15, -0.1) is 11.3 Å². The van der Waals surface area contributed by atoms with Crippen molar-refractivity contribution in [2.75, 3.05) is 19.7 Å². The number of morpholine rings is 1. The molecule has 3 aromatic rings. The molecule has 1 fully saturated rings. The number of thiazole rings is 1. The number of nitrogens with zero attached hydrogens (tertiary/aromatic N) is 2. The van der Waals surface area contributed by atoms with Crippen LogP contribution < -0.4 is 0 Å². The van der Waals surface area contributed by atoms with Crippen molar-refractivity contribution in [2.45, 2.75) is 6.10 Å². The van der Waals surface area contributed by atoms with Gasteiger partial charge >= 0.3 is 5.97 Å². The van der Waals surface area contributed by atoms with E-state index in [1.807, 2.05) is 30.3 Å². The second kappa shape index (κ2) is 7.34. The van der Waals surface area contributed by atoms with Crippen molar-refractivity contribution in [3.05, 3.63) is 53.6 Å². The Balaban J connectivity index is 1.72. The zero-order valence-electron chi connectivity index (χ0n) is 14.2. The van der Waals surface area contributed by atoms with Crippen LogP contribution in [0.5, 0.6) is 0 Å². The van der Waals surface area contributed by atoms with Gasteiger partial charge in [0.1, 0.15) is 4.88 Å². The van der Waals surface area contributed by atoms with E-state index in [1.54, 1.807) is 18.4 Å². The fourth-order valence-electron chi connectivity index (χ4n) is 2.89. The molecule has 4 rings (SSSR count). The van der Waals surface area contributed by atoms with Crippen LogP contribution in [0, 0.1) is 0 Å². The predicted octanol–water partition coefficient (Wildman–Crippen LogP) is 3.00. The molecule has 1 aliphatic rings. The number of ether oxygens (including phenoxy) is 1. The Kier molecular flexibility index (Phi) is 4.74. The Labute approximate surface area is 158 Å². The van der Waals surface area contributed by atoms with Crippen molar-refractivity contribution in [1.82, 2.24) is 9.88 Å². The van der Waals surface area contributed by atoms with Crippen LogP contribution in [0.4, 0.5) is 0 Å². The van der Waals surface area contributed by atoms with Crippen molar-refractivity contribution < 1.29 is 23.8 Å². The number of benzene rings is 1. The highest BCUT2D eigenvalue weighted by atomic mass is 32.1. The summed E-state index contributed by atoms with van der Waals surface area (Å²) in [6, 6.07) is 13.0. The highest BCUT2D eigenvalue weighted by Gasteiger charge is 2.32. The van der Waals surface area contributed by atoms with E-state index < -0.39 is 12.1 Å². The standard InChI is InChI=1S/C19H16N2O5S/c22-18(21-8-10-26-14(11-21)19(23)24)16-15(12-5-2-1-3-6-12)20-17(27-16)13-7-4-9-25-13/h1-7,9,14H,8,10-11H2,(H,23,24)/t14-/m0/s1. The molecular formula is C19H16N2O5S. The molecule has 0 spiro atoms. The van der Waals surface area contributed by atoms with Crippen LogP contribution in [0.25, 0.3) is 22.0 Å². The first-order valence-corrected chi connectivity index (χ1v) is 9.19. The maximum absolute atomic E-state index is 13.2. The quantitative estimate of drug-likeness (QED) is 0.743. The number of carboxylic acids is 1. The number of aromatic nitrogens is 1. The van der Waals surface area contributed by atoms with Crippen molar-refractivity contribution in [3.8, 4) is 22.0 Å². The lowest BCUT2D eigenvalue weighted by atomic mass is 10.1. The fourth-order valence-corrected chi connectivity index (χ4v) is 3.91. The van der Waals surface area contributed by atoms with Gasteiger partial charge in [-0.3, -0.25) is 4.79 Å². The number of hydrogen-bond acceptors (Lipinski definition) is 6. The van der Waals surface area contributed by atoms with E-state index in [1.165, 1.54) is 16.2 Å². The minimum absolute atomic E-state index is 0.0103. The van der Waals surface area contributed by atoms with E-state index in [-0.39, 0.29) is 19.1 Å². The Morgan fingerprint density at radius 1 is 1.19 bits per heavy atom. The van der Waals surface area contributed by atoms with Gasteiger partial charge in [0, 0.05) is 12.1 Å². The predicted molar refractivity (Wildman–Crippen MR) is 98.5 cm³/mol. The van der Waals surface area contributed by atoms with Gasteiger partial charge in [0.2, 0.25) is 0 Å². The molecule has 0 radical (unpaired) electrons. The average molecular weight is 384 g/mol. The summed E-state index contributed by atoms with van der Waals surface area (Å²) in [5.41, 5.74) is 1.38. The molecule has 1 saturated heterocycles. The number of rotatable bonds is 4. The monoisotopic (exact) mass is 384 g/mol. The van der Waals surface area contributed by atoms with Gasteiger partial charge in [-0.05, 0) is 12.1 Å². The molecule has 2 aromatic heterocycles. The third-order valence-corrected chi connectivity index (χ3v) is 5.29. The molecule has 7 nitrogen and oxygen atoms in total. The van der Waals surface area contributed by atoms with Crippen molar-refractivity contribution in [3.63, 3.8) is 0 Å². The number of amides is 1. The molecule has 1 amide bonds. The van der Waals surface area contributed by atoms with Crippen LogP contribution >= 0.6 is 11.3 Å². The normalized spacial score (nSPS) is 17.0. The van der Waals surface area contributed by atoms with Crippen LogP contribution in [-0.4, -0.2) is 52.7 Å². The summed E-state index contributed by atoms with van der Waals surface area (Å²) in [7, 11) is 0. The minimum Gasteiger partial charge on any atom is -0.479 e. The summed E-state index contributed by atoms with van der Waals surface area (Å²) < 4.78 is 10.6. The zero-order chi connectivity index (χ0) is 18.8. The van der Waals surface area contributed by atoms with Crippen molar-refractivity contribution >= 4 is 23.2 Å². The number of carbonyl (C=O) groups is 2. The van der Waals surface area contributed by atoms with Gasteiger partial charge in [-0.2, -0.15) is 0 Å². The highest BCUT2D eigenvalue weighted by Crippen LogP contribution is 2.35. The largest absolute Gasteiger partial charge is 0.479 e. The molecule has 0 bridgehead atoms. The Bertz CT molecular complexity index is 952. The molecule has 8 heteroatoms. The van der Waals surface area contributed by atoms with E-state index in [0.717, 1.165) is 5.56 Å². The van der Waals surface area contributed by atoms with Gasteiger partial charge in [0.15, 0.2) is 16.9 Å². The molecular weight excluding hydrogens is 368 g/mol. The summed E-state index contributed by atoms with van der Waals surface area (Å²) >= 11 is 1.24. The van der Waals surface area contributed by atoms with E-state index in [9.17, 15) is 14.7 Å². The average Bonchev–Trinajstić information content (AvgIpc) is 3.38. The molecule has 0 saturated carbocycles. The van der Waals surface area contributed by atoms with Crippen LogP contribution in [-0.2, 0) is 9.53 Å². The number of carboxylic acid groups (broad SMARTS) is 1. The van der Waals surface area contributed by atoms with Gasteiger partial charge in [-0.1, -0.05) is 30.3 Å². The highest BCUT2D eigenvalue weighted by molar-refractivity contribution is 7.17. The molecule has 0 unspecified atom stereocenters. The fraction of sp³-hybridized carbons (Fsp3) is 0.211. The zero-order valence-corrected chi connectivity index (χ0v) is 15.0. The molecule has 138 valence electrons. The first kappa shape index (κ1) is 17.4. The van der Waals surface area contributed by atoms with E-state index in [4.69, 9.17) is 9.15 Å². The minimum atomic E-state index is -1.07. The van der Waals surface area contributed by atoms with Crippen LogP contribution in [0.1, 0.15) is 9.67 Å². The maximum atomic E-state index is 13.2. The molecule has 3 heterocycles. The van der Waals surface area contributed by atoms with Gasteiger partial charge in [-0.25, -0.2) is 9.78 Å². The summed E-state index contributed by atoms with van der Waals surface area (Å²) in [5.74, 6) is -0.739. The molecule has 1 atom stereocenters. The number of furan rings is 1. The molecule has 27 heavy (non-hydrogen) atoms. The number of aliphatic carboxylic acids is 1. The smallest absolute Gasteiger partial charge is 0.334 e. The summed E-state index contributed by atoms with van der Waals surface area (Å²) in [6.07, 6.45) is 0.542. The topological polar surface area (TPSA) is 92.9 Å². The van der Waals surface area contributed by atoms with Crippen molar-refractivity contribution in [1.29, 1.82) is 0 Å². The van der Waals surface area contributed by atoms with Gasteiger partial charge < -0.3 is 19.2 Å². The van der Waals surface area contributed by atoms with Crippen molar-refractivity contribution in [2.24, 2.45) is 0 Å². The lowest BCUT2D eigenvalue weighted by Gasteiger charge is -2.30. The van der Waals surface area contributed by atoms with Crippen LogP contribution in [0.3, 0.4) is 0 Å². The third kappa shape index (κ3) is 3.49. The van der Waals surface area contributed by atoms with E-state index in [0.29, 0.717) is 27.9 Å². The van der Waals surface area contributed by atoms with Gasteiger partial charge in [0.05, 0.1) is 25.1 Å². The Morgan fingerprint density at radius 2 is 2.00 bits per heavy atom. The summed E-state index contributed by atoms with van der Waals surface area (Å²) in [6.45, 7) is 0.536. The SMILES string of the molecule is O=C(O)[C@@H]1CN(C(=O)c2sc(-c3ccco3)nc2-c2ccccc2)CCO1. The third-order valence-electron chi connectivity index (χ3n) is 4.23. The van der Waals surface area contributed by atoms with Gasteiger partial charge in [0.25, 0.3) is 5.91 Å². The molecule has 1 aromatic carbocycles. The maximum Gasteiger partial charge on any atom is 0.334 e. The Hall–Kier alpha value is -2.97. The van der Waals surface area contributed by atoms with Crippen LogP contribution in [0.15, 0.2) is 53.1 Å². The van der Waals surface area contributed by atoms with E-state index >= 15 is 0 Å². The molecule has 1 aliphatic heterocycles. The Morgan fingerprint density at radius 3 is 2.70 bits per heavy atom. The van der Waals surface area contributed by atoms with E-state index in [2.05, 4.69) is 4.98 Å². The second-order valence-electron chi connectivity index (χ2n) is 5.99. The number of hydrogen-bond donors (Lipinski definition) is 1. The lowest BCUT2D eigenvalue weighted by molar-refractivity contribution is -0.154. The number of carbonyl (C=O) groups excluding carboxylic acids is 1. The second-order valence-corrected chi connectivity index (χ2v) is 6.99. The first-order valence-electron chi connectivity index (χ1n) is 8.37. The van der Waals surface area contributed by atoms with Crippen LogP contribution in [0.2, 0.25) is 0 Å². The lowest BCUT2D eigenvalue weighted by Crippen LogP contribution is -2.48. The molecule has 0 aliphatic carbocycles.